The Morgan fingerprint density at radius 1 is 1.47 bits per heavy atom. The molecule has 3 aliphatic heterocycles. The van der Waals surface area contributed by atoms with Gasteiger partial charge in [0.2, 0.25) is 0 Å². The van der Waals surface area contributed by atoms with Crippen molar-refractivity contribution in [2.45, 2.75) is 42.0 Å². The Morgan fingerprint density at radius 3 is 3.07 bits per heavy atom. The van der Waals surface area contributed by atoms with Crippen LogP contribution in [0.2, 0.25) is 5.02 Å². The summed E-state index contributed by atoms with van der Waals surface area (Å²) in [6.45, 7) is 3.22. The van der Waals surface area contributed by atoms with E-state index < -0.39 is 11.8 Å². The minimum Gasteiger partial charge on any atom is -0.383 e. The Morgan fingerprint density at radius 2 is 2.30 bits per heavy atom. The summed E-state index contributed by atoms with van der Waals surface area (Å²) in [7, 11) is 0. The average Bonchev–Trinajstić information content (AvgIpc) is 3.03. The summed E-state index contributed by atoms with van der Waals surface area (Å²) >= 11 is 7.50. The number of alkyl halides is 1. The highest BCUT2D eigenvalue weighted by molar-refractivity contribution is 7.98. The van der Waals surface area contributed by atoms with Crippen LogP contribution >= 0.6 is 23.5 Å². The van der Waals surface area contributed by atoms with Gasteiger partial charge in [0.05, 0.1) is 35.6 Å². The van der Waals surface area contributed by atoms with Crippen LogP contribution < -0.4 is 10.0 Å². The Balaban J connectivity index is 1.31. The lowest BCUT2D eigenvalue weighted by molar-refractivity contribution is -0.146. The molecule has 2 N–H and O–H groups in total. The molecule has 0 radical (unpaired) electrons. The molecule has 30 heavy (non-hydrogen) atoms. The lowest BCUT2D eigenvalue weighted by atomic mass is 9.95. The van der Waals surface area contributed by atoms with Crippen molar-refractivity contribution in [1.29, 1.82) is 5.26 Å². The Bertz CT molecular complexity index is 844. The molecule has 3 heterocycles. The second-order valence-electron chi connectivity index (χ2n) is 7.88. The summed E-state index contributed by atoms with van der Waals surface area (Å²) < 4.78 is 27.0. The number of amides is 1. The van der Waals surface area contributed by atoms with Crippen molar-refractivity contribution < 1.29 is 18.7 Å². The highest BCUT2D eigenvalue weighted by Gasteiger charge is 2.50. The van der Waals surface area contributed by atoms with Gasteiger partial charge in [-0.25, -0.2) is 4.39 Å². The van der Waals surface area contributed by atoms with Gasteiger partial charge < -0.3 is 14.8 Å². The number of fused-ring (bicyclic) bond motifs is 2. The second kappa shape index (κ2) is 9.28. The summed E-state index contributed by atoms with van der Waals surface area (Å²) in [5.74, 6) is -0.229. The van der Waals surface area contributed by atoms with Crippen LogP contribution in [0.4, 0.5) is 10.1 Å². The van der Waals surface area contributed by atoms with E-state index in [1.165, 1.54) is 0 Å². The highest BCUT2D eigenvalue weighted by Crippen LogP contribution is 2.36. The van der Waals surface area contributed by atoms with E-state index in [2.05, 4.69) is 21.0 Å². The SMILES string of the molecule is N#Cc1cc(SNC(=O)C23COC(CCO2)C3)cc(Cl)c1NCCCN1CC(F)C1. The van der Waals surface area contributed by atoms with Gasteiger partial charge in [0.15, 0.2) is 5.60 Å². The molecule has 2 atom stereocenters. The van der Waals surface area contributed by atoms with Gasteiger partial charge in [0, 0.05) is 37.5 Å². The summed E-state index contributed by atoms with van der Waals surface area (Å²) in [4.78, 5) is 15.4. The highest BCUT2D eigenvalue weighted by atomic mass is 35.5. The fraction of sp³-hybridized carbons (Fsp3) is 0.600. The third kappa shape index (κ3) is 4.68. The summed E-state index contributed by atoms with van der Waals surface area (Å²) in [5.41, 5.74) is 0.0594. The number of anilines is 1. The minimum atomic E-state index is -0.919. The molecule has 2 bridgehead atoms. The first kappa shape index (κ1) is 21.7. The number of halogens is 2. The van der Waals surface area contributed by atoms with E-state index >= 15 is 0 Å². The maximum atomic E-state index is 12.8. The van der Waals surface area contributed by atoms with Crippen LogP contribution in [0.15, 0.2) is 17.0 Å². The Kier molecular flexibility index (Phi) is 6.70. The number of carbonyl (C=O) groups excluding carboxylic acids is 1. The van der Waals surface area contributed by atoms with Crippen LogP contribution in [0.3, 0.4) is 0 Å². The molecular formula is C20H24ClFN4O3S. The molecule has 3 fully saturated rings. The third-order valence-corrected chi connectivity index (χ3v) is 6.71. The standard InChI is InChI=1S/C20H24ClFN4O3S/c21-17-7-16(30-25-19(27)20-8-15(28-12-20)2-5-29-20)6-13(9-23)18(17)24-3-1-4-26-10-14(22)11-26/h6-7,14-15,24H,1-5,8,10-12H2,(H,25,27). The molecule has 10 heteroatoms. The van der Waals surface area contributed by atoms with Crippen LogP contribution in [0.25, 0.3) is 0 Å². The van der Waals surface area contributed by atoms with Gasteiger partial charge in [-0.2, -0.15) is 5.26 Å². The quantitative estimate of drug-likeness (QED) is 0.461. The maximum Gasteiger partial charge on any atom is 0.264 e. The molecule has 7 nitrogen and oxygen atoms in total. The van der Waals surface area contributed by atoms with Gasteiger partial charge in [0.25, 0.3) is 5.91 Å². The van der Waals surface area contributed by atoms with E-state index in [-0.39, 0.29) is 18.6 Å². The number of nitrogens with zero attached hydrogens (tertiary/aromatic N) is 2. The Labute approximate surface area is 184 Å². The Hall–Kier alpha value is -1.57. The first-order valence-electron chi connectivity index (χ1n) is 10.1. The van der Waals surface area contributed by atoms with Crippen molar-refractivity contribution in [2.75, 3.05) is 44.7 Å². The first-order valence-corrected chi connectivity index (χ1v) is 11.3. The summed E-state index contributed by atoms with van der Waals surface area (Å²) in [5, 5.41) is 13.1. The molecule has 1 aromatic rings. The topological polar surface area (TPSA) is 86.6 Å². The summed E-state index contributed by atoms with van der Waals surface area (Å²) in [6, 6.07) is 5.56. The number of rotatable bonds is 8. The number of likely N-dealkylation sites (tertiary alicyclic amines) is 1. The van der Waals surface area contributed by atoms with E-state index in [9.17, 15) is 14.4 Å². The largest absolute Gasteiger partial charge is 0.383 e. The number of nitrogens with one attached hydrogen (secondary N) is 2. The van der Waals surface area contributed by atoms with Gasteiger partial charge in [-0.1, -0.05) is 11.6 Å². The number of carbonyl (C=O) groups is 1. The molecule has 3 aliphatic rings. The average molecular weight is 455 g/mol. The lowest BCUT2D eigenvalue weighted by Gasteiger charge is -2.34. The van der Waals surface area contributed by atoms with E-state index in [1.54, 1.807) is 12.1 Å². The van der Waals surface area contributed by atoms with Crippen molar-refractivity contribution in [3.05, 3.63) is 22.7 Å². The second-order valence-corrected chi connectivity index (χ2v) is 9.17. The van der Waals surface area contributed by atoms with Gasteiger partial charge in [-0.3, -0.25) is 14.4 Å². The molecule has 0 aromatic heterocycles. The van der Waals surface area contributed by atoms with Crippen LogP contribution in [0.1, 0.15) is 24.8 Å². The van der Waals surface area contributed by atoms with Crippen LogP contribution in [-0.4, -0.2) is 68.1 Å². The molecule has 162 valence electrons. The van der Waals surface area contributed by atoms with Crippen LogP contribution in [-0.2, 0) is 14.3 Å². The number of benzene rings is 1. The maximum absolute atomic E-state index is 12.8. The number of nitriles is 1. The molecule has 2 unspecified atom stereocenters. The molecule has 4 rings (SSSR count). The van der Waals surface area contributed by atoms with Gasteiger partial charge in [-0.15, -0.1) is 0 Å². The van der Waals surface area contributed by atoms with Crippen molar-refractivity contribution >= 4 is 35.1 Å². The molecular weight excluding hydrogens is 431 g/mol. The fourth-order valence-electron chi connectivity index (χ4n) is 3.95. The fourth-order valence-corrected chi connectivity index (χ4v) is 5.05. The number of ether oxygens (including phenoxy) is 2. The van der Waals surface area contributed by atoms with E-state index in [0.29, 0.717) is 53.8 Å². The zero-order valence-corrected chi connectivity index (χ0v) is 18.0. The van der Waals surface area contributed by atoms with E-state index in [1.807, 2.05) is 0 Å². The first-order chi connectivity index (χ1) is 14.5. The smallest absolute Gasteiger partial charge is 0.264 e. The number of hydrogen-bond acceptors (Lipinski definition) is 7. The monoisotopic (exact) mass is 454 g/mol. The van der Waals surface area contributed by atoms with Crippen molar-refractivity contribution in [2.24, 2.45) is 0 Å². The number of hydrogen-bond donors (Lipinski definition) is 2. The molecule has 3 saturated heterocycles. The van der Waals surface area contributed by atoms with Gasteiger partial charge in [-0.05, 0) is 36.9 Å². The van der Waals surface area contributed by atoms with Gasteiger partial charge in [0.1, 0.15) is 12.2 Å². The summed E-state index contributed by atoms with van der Waals surface area (Å²) in [6.07, 6.45) is 1.59. The zero-order chi connectivity index (χ0) is 21.1. The van der Waals surface area contributed by atoms with E-state index in [4.69, 9.17) is 21.1 Å². The lowest BCUT2D eigenvalue weighted by Crippen LogP contribution is -2.49. The molecule has 0 saturated carbocycles. The third-order valence-electron chi connectivity index (χ3n) is 5.65. The molecule has 0 spiro atoms. The van der Waals surface area contributed by atoms with Crippen molar-refractivity contribution in [1.82, 2.24) is 9.62 Å². The predicted octanol–water partition coefficient (Wildman–Crippen LogP) is 2.74. The molecule has 0 aliphatic carbocycles. The van der Waals surface area contributed by atoms with Gasteiger partial charge >= 0.3 is 0 Å². The zero-order valence-electron chi connectivity index (χ0n) is 16.5. The minimum absolute atomic E-state index is 0.0824. The van der Waals surface area contributed by atoms with Crippen molar-refractivity contribution in [3.8, 4) is 6.07 Å². The molecule has 1 aromatic carbocycles. The van der Waals surface area contributed by atoms with E-state index in [0.717, 1.165) is 31.3 Å². The molecule has 1 amide bonds. The van der Waals surface area contributed by atoms with Crippen LogP contribution in [0, 0.1) is 11.3 Å². The van der Waals surface area contributed by atoms with Crippen LogP contribution in [0.5, 0.6) is 0 Å². The normalized spacial score (nSPS) is 26.1. The predicted molar refractivity (Wildman–Crippen MR) is 112 cm³/mol. The van der Waals surface area contributed by atoms with Crippen molar-refractivity contribution in [3.63, 3.8) is 0 Å².